The van der Waals surface area contributed by atoms with E-state index in [1.807, 2.05) is 0 Å². The van der Waals surface area contributed by atoms with Gasteiger partial charge in [-0.25, -0.2) is 0 Å². The van der Waals surface area contributed by atoms with Crippen molar-refractivity contribution in [2.45, 2.75) is 46.6 Å². The van der Waals surface area contributed by atoms with Crippen LogP contribution < -0.4 is 5.73 Å². The number of benzene rings is 1. The fourth-order valence-corrected chi connectivity index (χ4v) is 2.32. The van der Waals surface area contributed by atoms with Crippen LogP contribution in [0, 0.1) is 0 Å². The summed E-state index contributed by atoms with van der Waals surface area (Å²) in [4.78, 5) is 0. The third-order valence-corrected chi connectivity index (χ3v) is 3.20. The molecule has 18 heavy (non-hydrogen) atoms. The first kappa shape index (κ1) is 13.1. The van der Waals surface area contributed by atoms with Gasteiger partial charge in [0, 0.05) is 35.8 Å². The molecule has 2 N–H and O–H groups in total. The monoisotopic (exact) mass is 246 g/mol. The van der Waals surface area contributed by atoms with E-state index >= 15 is 0 Å². The van der Waals surface area contributed by atoms with Crippen LogP contribution in [0.4, 0.5) is 0 Å². The molecule has 0 radical (unpaired) electrons. The fourth-order valence-electron chi connectivity index (χ4n) is 2.32. The lowest BCUT2D eigenvalue weighted by Gasteiger charge is -2.08. The van der Waals surface area contributed by atoms with Crippen molar-refractivity contribution in [2.75, 3.05) is 0 Å². The molecule has 1 heterocycles. The summed E-state index contributed by atoms with van der Waals surface area (Å²) in [5.41, 5.74) is 9.53. The van der Waals surface area contributed by atoms with E-state index in [2.05, 4.69) is 49.7 Å². The van der Waals surface area contributed by atoms with Crippen molar-refractivity contribution in [1.82, 2.24) is 4.57 Å². The highest BCUT2D eigenvalue weighted by Gasteiger charge is 2.11. The van der Waals surface area contributed by atoms with Crippen LogP contribution in [0.2, 0.25) is 0 Å². The largest absolute Gasteiger partial charge is 0.374 e. The van der Waals surface area contributed by atoms with Crippen LogP contribution in [0.15, 0.2) is 24.4 Å². The average molecular weight is 246 g/mol. The lowest BCUT2D eigenvalue weighted by molar-refractivity contribution is 0.0663. The molecular formula is C15H22N2O. The zero-order valence-electron chi connectivity index (χ0n) is 11.4. The molecule has 0 spiro atoms. The molecule has 0 aliphatic rings. The van der Waals surface area contributed by atoms with Crippen LogP contribution in [0.25, 0.3) is 10.9 Å². The van der Waals surface area contributed by atoms with Crippen molar-refractivity contribution in [1.29, 1.82) is 0 Å². The van der Waals surface area contributed by atoms with Crippen molar-refractivity contribution >= 4 is 10.9 Å². The van der Waals surface area contributed by atoms with Gasteiger partial charge in [-0.3, -0.25) is 0 Å². The molecule has 0 saturated heterocycles. The number of hydrogen-bond acceptors (Lipinski definition) is 2. The summed E-state index contributed by atoms with van der Waals surface area (Å²) < 4.78 is 8.00. The Morgan fingerprint density at radius 2 is 2.06 bits per heavy atom. The highest BCUT2D eigenvalue weighted by atomic mass is 16.5. The van der Waals surface area contributed by atoms with Gasteiger partial charge in [0.25, 0.3) is 0 Å². The van der Waals surface area contributed by atoms with Crippen molar-refractivity contribution in [3.63, 3.8) is 0 Å². The number of aryl methyl sites for hydroxylation is 1. The predicted molar refractivity (Wildman–Crippen MR) is 75.4 cm³/mol. The molecule has 0 atom stereocenters. The smallest absolute Gasteiger partial charge is 0.0741 e. The maximum absolute atomic E-state index is 5.84. The van der Waals surface area contributed by atoms with Gasteiger partial charge in [-0.1, -0.05) is 12.1 Å². The van der Waals surface area contributed by atoms with Crippen LogP contribution in [0.3, 0.4) is 0 Å². The number of nitrogens with zero attached hydrogens (tertiary/aromatic N) is 1. The van der Waals surface area contributed by atoms with Crippen molar-refractivity contribution in [2.24, 2.45) is 5.73 Å². The second-order valence-corrected chi connectivity index (χ2v) is 4.82. The van der Waals surface area contributed by atoms with Gasteiger partial charge in [0.1, 0.15) is 0 Å². The number of nitrogens with two attached hydrogens (primary N) is 1. The van der Waals surface area contributed by atoms with Crippen LogP contribution in [-0.2, 0) is 24.4 Å². The van der Waals surface area contributed by atoms with Gasteiger partial charge >= 0.3 is 0 Å². The molecule has 1 aromatic heterocycles. The maximum atomic E-state index is 5.84. The average Bonchev–Trinajstić information content (AvgIpc) is 2.74. The molecule has 0 aliphatic heterocycles. The Morgan fingerprint density at radius 1 is 1.28 bits per heavy atom. The van der Waals surface area contributed by atoms with E-state index in [0.717, 1.165) is 6.54 Å². The first-order valence-corrected chi connectivity index (χ1v) is 6.58. The summed E-state index contributed by atoms with van der Waals surface area (Å²) in [6.07, 6.45) is 2.43. The van der Waals surface area contributed by atoms with Gasteiger partial charge < -0.3 is 15.0 Å². The van der Waals surface area contributed by atoms with Crippen LogP contribution in [0.1, 0.15) is 31.9 Å². The second kappa shape index (κ2) is 5.55. The number of aromatic nitrogens is 1. The SMILES string of the molecule is CCn1cc(COC(C)C)c2c(CN)cccc21. The Kier molecular flexibility index (Phi) is 4.04. The van der Waals surface area contributed by atoms with Gasteiger partial charge in [-0.05, 0) is 32.4 Å². The summed E-state index contributed by atoms with van der Waals surface area (Å²) in [7, 11) is 0. The van der Waals surface area contributed by atoms with Gasteiger partial charge in [0.05, 0.1) is 12.7 Å². The molecule has 98 valence electrons. The number of rotatable bonds is 5. The first-order valence-electron chi connectivity index (χ1n) is 6.58. The molecule has 0 bridgehead atoms. The van der Waals surface area contributed by atoms with E-state index in [0.29, 0.717) is 13.2 Å². The topological polar surface area (TPSA) is 40.2 Å². The van der Waals surface area contributed by atoms with Crippen molar-refractivity contribution in [3.8, 4) is 0 Å². The zero-order valence-corrected chi connectivity index (χ0v) is 11.4. The third-order valence-electron chi connectivity index (χ3n) is 3.20. The number of ether oxygens (including phenoxy) is 1. The highest BCUT2D eigenvalue weighted by Crippen LogP contribution is 2.26. The lowest BCUT2D eigenvalue weighted by atomic mass is 10.1. The Bertz CT molecular complexity index is 529. The Hall–Kier alpha value is -1.32. The molecule has 0 amide bonds. The van der Waals surface area contributed by atoms with E-state index in [9.17, 15) is 0 Å². The third kappa shape index (κ3) is 2.42. The standard InChI is InChI=1S/C15H22N2O/c1-4-17-9-13(10-18-11(2)3)15-12(8-16)6-5-7-14(15)17/h5-7,9,11H,4,8,10,16H2,1-3H3. The summed E-state index contributed by atoms with van der Waals surface area (Å²) >= 11 is 0. The predicted octanol–water partition coefficient (Wildman–Crippen LogP) is 3.04. The molecule has 2 rings (SSSR count). The normalized spacial score (nSPS) is 11.6. The Labute approximate surface area is 109 Å². The number of fused-ring (bicyclic) bond motifs is 1. The summed E-state index contributed by atoms with van der Waals surface area (Å²) in [6.45, 7) is 8.46. The van der Waals surface area contributed by atoms with Crippen LogP contribution in [-0.4, -0.2) is 10.7 Å². The summed E-state index contributed by atoms with van der Waals surface area (Å²) in [6, 6.07) is 6.32. The van der Waals surface area contributed by atoms with E-state index in [1.54, 1.807) is 0 Å². The second-order valence-electron chi connectivity index (χ2n) is 4.82. The van der Waals surface area contributed by atoms with E-state index < -0.39 is 0 Å². The van der Waals surface area contributed by atoms with Gasteiger partial charge in [0.2, 0.25) is 0 Å². The minimum atomic E-state index is 0.245. The maximum Gasteiger partial charge on any atom is 0.0741 e. The van der Waals surface area contributed by atoms with Gasteiger partial charge in [-0.2, -0.15) is 0 Å². The molecule has 2 aromatic rings. The molecule has 3 heteroatoms. The highest BCUT2D eigenvalue weighted by molar-refractivity contribution is 5.87. The van der Waals surface area contributed by atoms with Crippen molar-refractivity contribution in [3.05, 3.63) is 35.5 Å². The number of hydrogen-bond donors (Lipinski definition) is 1. The molecule has 0 aliphatic carbocycles. The zero-order chi connectivity index (χ0) is 13.1. The van der Waals surface area contributed by atoms with E-state index in [-0.39, 0.29) is 6.10 Å². The Morgan fingerprint density at radius 3 is 2.67 bits per heavy atom. The van der Waals surface area contributed by atoms with Gasteiger partial charge in [0.15, 0.2) is 0 Å². The Balaban J connectivity index is 2.50. The lowest BCUT2D eigenvalue weighted by Crippen LogP contribution is -2.03. The van der Waals surface area contributed by atoms with Crippen LogP contribution >= 0.6 is 0 Å². The fraction of sp³-hybridized carbons (Fsp3) is 0.467. The summed E-state index contributed by atoms with van der Waals surface area (Å²) in [5.74, 6) is 0. The van der Waals surface area contributed by atoms with Crippen molar-refractivity contribution < 1.29 is 4.74 Å². The minimum absolute atomic E-state index is 0.245. The quantitative estimate of drug-likeness (QED) is 0.880. The molecule has 0 saturated carbocycles. The molecule has 3 nitrogen and oxygen atoms in total. The molecule has 1 aromatic carbocycles. The molecular weight excluding hydrogens is 224 g/mol. The van der Waals surface area contributed by atoms with E-state index in [1.165, 1.54) is 22.0 Å². The minimum Gasteiger partial charge on any atom is -0.374 e. The summed E-state index contributed by atoms with van der Waals surface area (Å²) in [5, 5.41) is 1.27. The molecule has 0 fully saturated rings. The first-order chi connectivity index (χ1) is 8.67. The molecule has 0 unspecified atom stereocenters. The van der Waals surface area contributed by atoms with E-state index in [4.69, 9.17) is 10.5 Å². The van der Waals surface area contributed by atoms with Crippen LogP contribution in [0.5, 0.6) is 0 Å². The van der Waals surface area contributed by atoms with Gasteiger partial charge in [-0.15, -0.1) is 0 Å².